The molecule has 3 rings (SSSR count). The summed E-state index contributed by atoms with van der Waals surface area (Å²) in [6.07, 6.45) is 1.30. The molecule has 6 nitrogen and oxygen atoms in total. The second-order valence-corrected chi connectivity index (χ2v) is 5.65. The lowest BCUT2D eigenvalue weighted by molar-refractivity contribution is -0.117. The molecule has 0 spiro atoms. The summed E-state index contributed by atoms with van der Waals surface area (Å²) in [6.45, 7) is 3.88. The predicted molar refractivity (Wildman–Crippen MR) is 89.3 cm³/mol. The Morgan fingerprint density at radius 1 is 1.00 bits per heavy atom. The van der Waals surface area contributed by atoms with Crippen LogP contribution in [0.15, 0.2) is 42.0 Å². The Hall–Kier alpha value is -3.28. The second kappa shape index (κ2) is 5.73. The van der Waals surface area contributed by atoms with E-state index in [4.69, 9.17) is 0 Å². The topological polar surface area (TPSA) is 89.9 Å². The first-order valence-corrected chi connectivity index (χ1v) is 7.33. The van der Waals surface area contributed by atoms with E-state index in [2.05, 4.69) is 5.43 Å². The molecule has 1 fully saturated rings. The fourth-order valence-electron chi connectivity index (χ4n) is 2.41. The molecule has 1 aliphatic rings. The first kappa shape index (κ1) is 15.6. The number of phenols is 2. The van der Waals surface area contributed by atoms with Gasteiger partial charge in [-0.15, -0.1) is 0 Å². The zero-order valence-corrected chi connectivity index (χ0v) is 13.2. The highest BCUT2D eigenvalue weighted by molar-refractivity contribution is 6.31. The van der Waals surface area contributed by atoms with Gasteiger partial charge in [0.15, 0.2) is 0 Å². The molecule has 3 N–H and O–H groups in total. The van der Waals surface area contributed by atoms with Gasteiger partial charge in [-0.1, -0.05) is 6.07 Å². The summed E-state index contributed by atoms with van der Waals surface area (Å²) >= 11 is 0. The number of anilines is 1. The van der Waals surface area contributed by atoms with Crippen LogP contribution in [0.25, 0.3) is 6.08 Å². The van der Waals surface area contributed by atoms with Gasteiger partial charge in [-0.05, 0) is 55.3 Å². The van der Waals surface area contributed by atoms with Gasteiger partial charge in [0, 0.05) is 11.6 Å². The van der Waals surface area contributed by atoms with Crippen LogP contribution in [0.3, 0.4) is 0 Å². The van der Waals surface area contributed by atoms with Crippen LogP contribution >= 0.6 is 0 Å². The van der Waals surface area contributed by atoms with E-state index < -0.39 is 11.8 Å². The lowest BCUT2D eigenvalue weighted by Gasteiger charge is -2.15. The highest BCUT2D eigenvalue weighted by Crippen LogP contribution is 2.28. The normalized spacial score (nSPS) is 15.9. The SMILES string of the molecule is Cc1ccc(N2NC(=O)/C(=C\c3ccc(O)cc3O)C2=O)cc1C. The molecule has 0 saturated carbocycles. The monoisotopic (exact) mass is 324 g/mol. The summed E-state index contributed by atoms with van der Waals surface area (Å²) in [6, 6.07) is 9.37. The number of aryl methyl sites for hydroxylation is 2. The van der Waals surface area contributed by atoms with Gasteiger partial charge in [0.25, 0.3) is 11.8 Å². The third kappa shape index (κ3) is 2.69. The molecule has 24 heavy (non-hydrogen) atoms. The van der Waals surface area contributed by atoms with Crippen molar-refractivity contribution in [1.29, 1.82) is 0 Å². The van der Waals surface area contributed by atoms with Crippen molar-refractivity contribution in [2.45, 2.75) is 13.8 Å². The highest BCUT2D eigenvalue weighted by atomic mass is 16.3. The third-order valence-electron chi connectivity index (χ3n) is 3.95. The van der Waals surface area contributed by atoms with Crippen molar-refractivity contribution in [2.24, 2.45) is 0 Å². The van der Waals surface area contributed by atoms with Crippen LogP contribution in [-0.2, 0) is 9.59 Å². The molecule has 0 atom stereocenters. The standard InChI is InChI=1S/C18H16N2O4/c1-10-3-5-13(7-11(10)2)20-18(24)15(17(23)19-20)8-12-4-6-14(21)9-16(12)22/h3-9,21-22H,1-2H3,(H,19,23)/b15-8+. The molecule has 2 aromatic carbocycles. The van der Waals surface area contributed by atoms with E-state index in [1.807, 2.05) is 26.0 Å². The third-order valence-corrected chi connectivity index (χ3v) is 3.95. The summed E-state index contributed by atoms with van der Waals surface area (Å²) in [5, 5.41) is 20.3. The number of hydrogen-bond donors (Lipinski definition) is 3. The Bertz CT molecular complexity index is 887. The van der Waals surface area contributed by atoms with Gasteiger partial charge in [-0.25, -0.2) is 5.01 Å². The van der Waals surface area contributed by atoms with Gasteiger partial charge < -0.3 is 10.2 Å². The predicted octanol–water partition coefficient (Wildman–Crippen LogP) is 2.18. The van der Waals surface area contributed by atoms with Gasteiger partial charge in [0.1, 0.15) is 17.1 Å². The molecule has 0 aromatic heterocycles. The maximum absolute atomic E-state index is 12.5. The molecule has 0 aliphatic carbocycles. The number of amides is 2. The number of benzene rings is 2. The van der Waals surface area contributed by atoms with Crippen molar-refractivity contribution in [3.63, 3.8) is 0 Å². The first-order chi connectivity index (χ1) is 11.4. The number of carbonyl (C=O) groups excluding carboxylic acids is 2. The van der Waals surface area contributed by atoms with Crippen molar-refractivity contribution < 1.29 is 19.8 Å². The van der Waals surface area contributed by atoms with E-state index in [1.165, 1.54) is 23.2 Å². The average molecular weight is 324 g/mol. The van der Waals surface area contributed by atoms with Crippen LogP contribution in [-0.4, -0.2) is 22.0 Å². The number of nitrogens with one attached hydrogen (secondary N) is 1. The molecular weight excluding hydrogens is 308 g/mol. The fraction of sp³-hybridized carbons (Fsp3) is 0.111. The lowest BCUT2D eigenvalue weighted by Crippen LogP contribution is -2.35. The number of phenolic OH excluding ortho intramolecular Hbond substituents is 2. The summed E-state index contributed by atoms with van der Waals surface area (Å²) in [5.41, 5.74) is 5.35. The van der Waals surface area contributed by atoms with E-state index in [1.54, 1.807) is 6.07 Å². The molecule has 1 saturated heterocycles. The van der Waals surface area contributed by atoms with E-state index in [-0.39, 0.29) is 22.6 Å². The minimum atomic E-state index is -0.550. The number of rotatable bonds is 2. The van der Waals surface area contributed by atoms with Crippen LogP contribution in [0.1, 0.15) is 16.7 Å². The Kier molecular flexibility index (Phi) is 3.73. The van der Waals surface area contributed by atoms with Crippen molar-refractivity contribution in [3.05, 3.63) is 58.7 Å². The number of aromatic hydroxyl groups is 2. The Morgan fingerprint density at radius 2 is 1.75 bits per heavy atom. The molecule has 0 unspecified atom stereocenters. The van der Waals surface area contributed by atoms with E-state index in [0.29, 0.717) is 5.69 Å². The van der Waals surface area contributed by atoms with Gasteiger partial charge >= 0.3 is 0 Å². The number of carbonyl (C=O) groups is 2. The molecule has 0 radical (unpaired) electrons. The Labute approximate surface area is 138 Å². The zero-order valence-electron chi connectivity index (χ0n) is 13.2. The Morgan fingerprint density at radius 3 is 2.42 bits per heavy atom. The first-order valence-electron chi connectivity index (χ1n) is 7.33. The number of hydrogen-bond acceptors (Lipinski definition) is 4. The van der Waals surface area contributed by atoms with Crippen LogP contribution in [0.5, 0.6) is 11.5 Å². The highest BCUT2D eigenvalue weighted by Gasteiger charge is 2.34. The van der Waals surface area contributed by atoms with Crippen molar-refractivity contribution in [2.75, 3.05) is 5.01 Å². The van der Waals surface area contributed by atoms with Crippen molar-refractivity contribution >= 4 is 23.6 Å². The lowest BCUT2D eigenvalue weighted by atomic mass is 10.1. The van der Waals surface area contributed by atoms with Crippen LogP contribution < -0.4 is 10.4 Å². The average Bonchev–Trinajstić information content (AvgIpc) is 2.80. The summed E-state index contributed by atoms with van der Waals surface area (Å²) in [5.74, 6) is -1.37. The van der Waals surface area contributed by atoms with E-state index >= 15 is 0 Å². The molecular formula is C18H16N2O4. The molecule has 122 valence electrons. The van der Waals surface area contributed by atoms with E-state index in [0.717, 1.165) is 17.2 Å². The van der Waals surface area contributed by atoms with Crippen LogP contribution in [0.2, 0.25) is 0 Å². The second-order valence-electron chi connectivity index (χ2n) is 5.65. The van der Waals surface area contributed by atoms with Crippen molar-refractivity contribution in [1.82, 2.24) is 5.43 Å². The minimum Gasteiger partial charge on any atom is -0.508 e. The quantitative estimate of drug-likeness (QED) is 0.583. The smallest absolute Gasteiger partial charge is 0.282 e. The molecule has 2 amide bonds. The van der Waals surface area contributed by atoms with Crippen molar-refractivity contribution in [3.8, 4) is 11.5 Å². The summed E-state index contributed by atoms with van der Waals surface area (Å²) < 4.78 is 0. The maximum atomic E-state index is 12.5. The largest absolute Gasteiger partial charge is 0.508 e. The summed E-state index contributed by atoms with van der Waals surface area (Å²) in [7, 11) is 0. The van der Waals surface area contributed by atoms with Gasteiger partial charge in [-0.2, -0.15) is 0 Å². The number of hydrazine groups is 1. The van der Waals surface area contributed by atoms with Gasteiger partial charge in [0.05, 0.1) is 5.69 Å². The van der Waals surface area contributed by atoms with Gasteiger partial charge in [-0.3, -0.25) is 15.0 Å². The fourth-order valence-corrected chi connectivity index (χ4v) is 2.41. The van der Waals surface area contributed by atoms with E-state index in [9.17, 15) is 19.8 Å². The molecule has 1 heterocycles. The zero-order chi connectivity index (χ0) is 17.4. The van der Waals surface area contributed by atoms with Crippen LogP contribution in [0, 0.1) is 13.8 Å². The molecule has 6 heteroatoms. The maximum Gasteiger partial charge on any atom is 0.282 e. The molecule has 1 aliphatic heterocycles. The molecule has 2 aromatic rings. The minimum absolute atomic E-state index is 0.0887. The summed E-state index contributed by atoms with van der Waals surface area (Å²) in [4.78, 5) is 24.7. The molecule has 0 bridgehead atoms. The Balaban J connectivity index is 1.97. The van der Waals surface area contributed by atoms with Crippen LogP contribution in [0.4, 0.5) is 5.69 Å². The van der Waals surface area contributed by atoms with Gasteiger partial charge in [0.2, 0.25) is 0 Å². The number of nitrogens with zero attached hydrogens (tertiary/aromatic N) is 1.